The van der Waals surface area contributed by atoms with Crippen molar-refractivity contribution >= 4 is 21.7 Å². The Kier molecular flexibility index (Phi) is 4.82. The van der Waals surface area contributed by atoms with Crippen LogP contribution in [-0.4, -0.2) is 12.4 Å². The van der Waals surface area contributed by atoms with Gasteiger partial charge in [0.2, 0.25) is 0 Å². The molecule has 0 radical (unpaired) electrons. The van der Waals surface area contributed by atoms with E-state index in [9.17, 15) is 4.79 Å². The lowest BCUT2D eigenvalue weighted by Gasteiger charge is -2.08. The van der Waals surface area contributed by atoms with E-state index in [2.05, 4.69) is 22.9 Å². The average Bonchev–Trinajstić information content (AvgIpc) is 2.20. The normalized spacial score (nSPS) is 10.1. The molecule has 0 spiro atoms. The van der Waals surface area contributed by atoms with Gasteiger partial charge in [0.15, 0.2) is 5.78 Å². The Bertz CT molecular complexity index is 347. The summed E-state index contributed by atoms with van der Waals surface area (Å²) >= 11 is 3.39. The molecular weight excluding hydrogens is 256 g/mol. The minimum Gasteiger partial charge on any atom is -0.492 e. The summed E-state index contributed by atoms with van der Waals surface area (Å²) in [6, 6.07) is 5.41. The maximum absolute atomic E-state index is 11.1. The Hall–Kier alpha value is -0.830. The van der Waals surface area contributed by atoms with Gasteiger partial charge in [0.25, 0.3) is 0 Å². The third kappa shape index (κ3) is 3.67. The fourth-order valence-corrected chi connectivity index (χ4v) is 1.66. The first kappa shape index (κ1) is 12.2. The second-order valence-electron chi connectivity index (χ2n) is 3.40. The minimum atomic E-state index is 0.0656. The van der Waals surface area contributed by atoms with Crippen molar-refractivity contribution in [1.29, 1.82) is 0 Å². The van der Waals surface area contributed by atoms with Gasteiger partial charge in [-0.2, -0.15) is 0 Å². The van der Waals surface area contributed by atoms with E-state index in [1.807, 2.05) is 6.07 Å². The Morgan fingerprint density at radius 2 is 2.20 bits per heavy atom. The smallest absolute Gasteiger partial charge is 0.159 e. The number of unbranched alkanes of at least 4 members (excludes halogenated alkanes) is 1. The summed E-state index contributed by atoms with van der Waals surface area (Å²) in [6.07, 6.45) is 2.16. The lowest BCUT2D eigenvalue weighted by Crippen LogP contribution is -1.98. The van der Waals surface area contributed by atoms with E-state index in [4.69, 9.17) is 4.74 Å². The van der Waals surface area contributed by atoms with Crippen LogP contribution in [0.5, 0.6) is 5.75 Å². The number of ketones is 1. The van der Waals surface area contributed by atoms with Gasteiger partial charge >= 0.3 is 0 Å². The van der Waals surface area contributed by atoms with Crippen LogP contribution < -0.4 is 4.74 Å². The van der Waals surface area contributed by atoms with E-state index in [1.54, 1.807) is 19.1 Å². The van der Waals surface area contributed by atoms with Crippen molar-refractivity contribution in [2.45, 2.75) is 26.7 Å². The van der Waals surface area contributed by atoms with Crippen LogP contribution in [0.2, 0.25) is 0 Å². The van der Waals surface area contributed by atoms with Crippen LogP contribution in [0, 0.1) is 0 Å². The lowest BCUT2D eigenvalue weighted by molar-refractivity contribution is 0.101. The molecule has 0 aliphatic heterocycles. The van der Waals surface area contributed by atoms with Crippen LogP contribution in [0.25, 0.3) is 0 Å². The van der Waals surface area contributed by atoms with Crippen molar-refractivity contribution in [3.63, 3.8) is 0 Å². The van der Waals surface area contributed by atoms with Gasteiger partial charge in [0.05, 0.1) is 11.1 Å². The van der Waals surface area contributed by atoms with Crippen LogP contribution in [0.15, 0.2) is 22.7 Å². The number of hydrogen-bond acceptors (Lipinski definition) is 2. The fraction of sp³-hybridized carbons (Fsp3) is 0.417. The van der Waals surface area contributed by atoms with Crippen molar-refractivity contribution in [2.75, 3.05) is 6.61 Å². The summed E-state index contributed by atoms with van der Waals surface area (Å²) in [5.41, 5.74) is 0.699. The highest BCUT2D eigenvalue weighted by atomic mass is 79.9. The Morgan fingerprint density at radius 3 is 2.73 bits per heavy atom. The van der Waals surface area contributed by atoms with Crippen LogP contribution in [0.1, 0.15) is 37.0 Å². The summed E-state index contributed by atoms with van der Waals surface area (Å²) in [7, 11) is 0. The number of carbonyl (C=O) groups is 1. The molecule has 0 heterocycles. The molecule has 0 aliphatic carbocycles. The molecule has 82 valence electrons. The van der Waals surface area contributed by atoms with E-state index in [0.717, 1.165) is 23.1 Å². The summed E-state index contributed by atoms with van der Waals surface area (Å²) < 4.78 is 6.39. The standard InChI is InChI=1S/C12H15BrO2/c1-3-4-7-15-12-6-5-10(9(2)14)8-11(12)13/h5-6,8H,3-4,7H2,1-2H3. The number of ether oxygens (including phenoxy) is 1. The number of halogens is 1. The van der Waals surface area contributed by atoms with Gasteiger partial charge in [0, 0.05) is 5.56 Å². The number of rotatable bonds is 5. The van der Waals surface area contributed by atoms with Gasteiger partial charge in [-0.05, 0) is 47.5 Å². The molecule has 0 saturated heterocycles. The molecule has 0 unspecified atom stereocenters. The molecule has 0 amide bonds. The molecule has 1 aromatic carbocycles. The van der Waals surface area contributed by atoms with Gasteiger partial charge in [-0.15, -0.1) is 0 Å². The lowest BCUT2D eigenvalue weighted by atomic mass is 10.1. The Labute approximate surface area is 98.8 Å². The van der Waals surface area contributed by atoms with E-state index in [-0.39, 0.29) is 5.78 Å². The Balaban J connectivity index is 2.70. The van der Waals surface area contributed by atoms with E-state index in [0.29, 0.717) is 12.2 Å². The molecule has 0 N–H and O–H groups in total. The molecule has 0 aromatic heterocycles. The largest absolute Gasteiger partial charge is 0.492 e. The van der Waals surface area contributed by atoms with Gasteiger partial charge in [-0.25, -0.2) is 0 Å². The van der Waals surface area contributed by atoms with Crippen LogP contribution in [0.4, 0.5) is 0 Å². The molecule has 3 heteroatoms. The maximum atomic E-state index is 11.1. The zero-order valence-electron chi connectivity index (χ0n) is 9.05. The molecule has 0 atom stereocenters. The predicted octanol–water partition coefficient (Wildman–Crippen LogP) is 3.83. The van der Waals surface area contributed by atoms with Crippen LogP contribution in [-0.2, 0) is 0 Å². The number of Topliss-reactive ketones (excluding diaryl/α,β-unsaturated/α-hetero) is 1. The SMILES string of the molecule is CCCCOc1ccc(C(C)=O)cc1Br. The first-order valence-electron chi connectivity index (χ1n) is 5.08. The quantitative estimate of drug-likeness (QED) is 0.601. The molecule has 1 aromatic rings. The number of carbonyl (C=O) groups excluding carboxylic acids is 1. The second-order valence-corrected chi connectivity index (χ2v) is 4.26. The molecule has 2 nitrogen and oxygen atoms in total. The van der Waals surface area contributed by atoms with Gasteiger partial charge in [-0.1, -0.05) is 13.3 Å². The van der Waals surface area contributed by atoms with E-state index < -0.39 is 0 Å². The fourth-order valence-electron chi connectivity index (χ4n) is 1.16. The van der Waals surface area contributed by atoms with Crippen LogP contribution >= 0.6 is 15.9 Å². The highest BCUT2D eigenvalue weighted by molar-refractivity contribution is 9.10. The molecule has 0 aliphatic rings. The van der Waals surface area contributed by atoms with E-state index in [1.165, 1.54) is 0 Å². The van der Waals surface area contributed by atoms with Crippen molar-refractivity contribution in [3.8, 4) is 5.75 Å². The second kappa shape index (κ2) is 5.91. The topological polar surface area (TPSA) is 26.3 Å². The van der Waals surface area contributed by atoms with Gasteiger partial charge < -0.3 is 4.74 Å². The monoisotopic (exact) mass is 270 g/mol. The zero-order valence-corrected chi connectivity index (χ0v) is 10.6. The zero-order chi connectivity index (χ0) is 11.3. The third-order valence-corrected chi connectivity index (χ3v) is 2.71. The summed E-state index contributed by atoms with van der Waals surface area (Å²) in [5, 5.41) is 0. The Morgan fingerprint density at radius 1 is 1.47 bits per heavy atom. The number of hydrogen-bond donors (Lipinski definition) is 0. The highest BCUT2D eigenvalue weighted by Crippen LogP contribution is 2.26. The summed E-state index contributed by atoms with van der Waals surface area (Å²) in [4.78, 5) is 11.1. The van der Waals surface area contributed by atoms with Crippen molar-refractivity contribution in [1.82, 2.24) is 0 Å². The molecule has 0 bridgehead atoms. The number of benzene rings is 1. The molecular formula is C12H15BrO2. The predicted molar refractivity (Wildman–Crippen MR) is 64.5 cm³/mol. The molecule has 0 saturated carbocycles. The summed E-state index contributed by atoms with van der Waals surface area (Å²) in [5.74, 6) is 0.865. The average molecular weight is 271 g/mol. The maximum Gasteiger partial charge on any atom is 0.159 e. The minimum absolute atomic E-state index is 0.0656. The van der Waals surface area contributed by atoms with E-state index >= 15 is 0 Å². The van der Waals surface area contributed by atoms with Crippen LogP contribution in [0.3, 0.4) is 0 Å². The molecule has 15 heavy (non-hydrogen) atoms. The molecule has 1 rings (SSSR count). The first-order valence-corrected chi connectivity index (χ1v) is 5.87. The van der Waals surface area contributed by atoms with Gasteiger partial charge in [-0.3, -0.25) is 4.79 Å². The van der Waals surface area contributed by atoms with Crippen molar-refractivity contribution in [3.05, 3.63) is 28.2 Å². The van der Waals surface area contributed by atoms with Crippen molar-refractivity contribution in [2.24, 2.45) is 0 Å². The van der Waals surface area contributed by atoms with Crippen molar-refractivity contribution < 1.29 is 9.53 Å². The first-order chi connectivity index (χ1) is 7.15. The third-order valence-electron chi connectivity index (χ3n) is 2.09. The molecule has 0 fully saturated rings. The summed E-state index contributed by atoms with van der Waals surface area (Å²) in [6.45, 7) is 4.39. The van der Waals surface area contributed by atoms with Gasteiger partial charge in [0.1, 0.15) is 5.75 Å². The highest BCUT2D eigenvalue weighted by Gasteiger charge is 2.05.